The minimum Gasteiger partial charge on any atom is -0.341 e. The maximum Gasteiger partial charge on any atom is 0.397 e. The Labute approximate surface area is 92.4 Å². The van der Waals surface area contributed by atoms with Crippen LogP contribution in [0.15, 0.2) is 0 Å². The molecule has 0 aromatic heterocycles. The van der Waals surface area contributed by atoms with E-state index in [9.17, 15) is 18.0 Å². The molecule has 1 N–H and O–H groups in total. The van der Waals surface area contributed by atoms with Gasteiger partial charge in [0.05, 0.1) is 0 Å². The molecule has 1 unspecified atom stereocenters. The lowest BCUT2D eigenvalue weighted by atomic mass is 10.2. The molecule has 0 spiro atoms. The van der Waals surface area contributed by atoms with Crippen LogP contribution in [0.4, 0.5) is 13.2 Å². The van der Waals surface area contributed by atoms with E-state index in [-0.39, 0.29) is 18.4 Å². The fourth-order valence-electron chi connectivity index (χ4n) is 1.47. The first kappa shape index (κ1) is 14.5. The monoisotopic (exact) mass is 246 g/mol. The maximum atomic E-state index is 11.9. The SMILES string of the molecule is CN(C(=O)CC(F)(F)F)C1CCNC1.Cl. The van der Waals surface area contributed by atoms with Crippen LogP contribution in [0.2, 0.25) is 0 Å². The van der Waals surface area contributed by atoms with Crippen molar-refractivity contribution < 1.29 is 18.0 Å². The van der Waals surface area contributed by atoms with Crippen molar-refractivity contribution in [2.24, 2.45) is 0 Å². The van der Waals surface area contributed by atoms with Crippen LogP contribution in [0.1, 0.15) is 12.8 Å². The summed E-state index contributed by atoms with van der Waals surface area (Å²) in [5, 5.41) is 3.00. The molecule has 1 heterocycles. The fraction of sp³-hybridized carbons (Fsp3) is 0.875. The third-order valence-corrected chi connectivity index (χ3v) is 2.33. The molecule has 1 amide bonds. The number of nitrogens with zero attached hydrogens (tertiary/aromatic N) is 1. The van der Waals surface area contributed by atoms with Crippen molar-refractivity contribution in [3.63, 3.8) is 0 Å². The van der Waals surface area contributed by atoms with Gasteiger partial charge in [-0.25, -0.2) is 0 Å². The fourth-order valence-corrected chi connectivity index (χ4v) is 1.47. The normalized spacial score (nSPS) is 20.9. The number of hydrogen-bond acceptors (Lipinski definition) is 2. The Balaban J connectivity index is 0.00000196. The summed E-state index contributed by atoms with van der Waals surface area (Å²) in [6.45, 7) is 1.34. The standard InChI is InChI=1S/C8H13F3N2O.ClH/c1-13(6-2-3-12-5-6)7(14)4-8(9,10)11;/h6,12H,2-5H2,1H3;1H. The van der Waals surface area contributed by atoms with E-state index >= 15 is 0 Å². The van der Waals surface area contributed by atoms with Crippen molar-refractivity contribution in [1.29, 1.82) is 0 Å². The lowest BCUT2D eigenvalue weighted by Crippen LogP contribution is -2.40. The van der Waals surface area contributed by atoms with Crippen molar-refractivity contribution >= 4 is 18.3 Å². The van der Waals surface area contributed by atoms with Crippen LogP contribution in [0.3, 0.4) is 0 Å². The van der Waals surface area contributed by atoms with Gasteiger partial charge in [-0.15, -0.1) is 12.4 Å². The summed E-state index contributed by atoms with van der Waals surface area (Å²) in [7, 11) is 1.42. The maximum absolute atomic E-state index is 11.9. The van der Waals surface area contributed by atoms with Gasteiger partial charge in [-0.1, -0.05) is 0 Å². The summed E-state index contributed by atoms with van der Waals surface area (Å²) in [4.78, 5) is 12.3. The van der Waals surface area contributed by atoms with Crippen LogP contribution in [0, 0.1) is 0 Å². The van der Waals surface area contributed by atoms with E-state index in [0.717, 1.165) is 13.0 Å². The summed E-state index contributed by atoms with van der Waals surface area (Å²) in [5.74, 6) is -0.855. The highest BCUT2D eigenvalue weighted by Gasteiger charge is 2.34. The van der Waals surface area contributed by atoms with Gasteiger partial charge in [-0.05, 0) is 13.0 Å². The Morgan fingerprint density at radius 1 is 1.53 bits per heavy atom. The molecule has 15 heavy (non-hydrogen) atoms. The Kier molecular flexibility index (Phi) is 5.37. The zero-order chi connectivity index (χ0) is 10.8. The van der Waals surface area contributed by atoms with Crippen molar-refractivity contribution in [1.82, 2.24) is 10.2 Å². The van der Waals surface area contributed by atoms with Crippen molar-refractivity contribution in [3.05, 3.63) is 0 Å². The molecule has 0 aromatic rings. The first-order chi connectivity index (χ1) is 6.40. The van der Waals surface area contributed by atoms with Gasteiger partial charge in [-0.3, -0.25) is 4.79 Å². The van der Waals surface area contributed by atoms with Crippen LogP contribution in [-0.4, -0.2) is 43.2 Å². The van der Waals surface area contributed by atoms with Crippen LogP contribution < -0.4 is 5.32 Å². The second-order valence-electron chi connectivity index (χ2n) is 3.44. The highest BCUT2D eigenvalue weighted by molar-refractivity contribution is 5.85. The number of carbonyl (C=O) groups is 1. The molecule has 1 fully saturated rings. The Hall–Kier alpha value is -0.490. The first-order valence-electron chi connectivity index (χ1n) is 4.43. The molecule has 0 bridgehead atoms. The number of likely N-dealkylation sites (N-methyl/N-ethyl adjacent to an activating group) is 1. The second-order valence-corrected chi connectivity index (χ2v) is 3.44. The van der Waals surface area contributed by atoms with Gasteiger partial charge in [-0.2, -0.15) is 13.2 Å². The van der Waals surface area contributed by atoms with Gasteiger partial charge in [0.2, 0.25) is 5.91 Å². The minimum atomic E-state index is -4.41. The van der Waals surface area contributed by atoms with E-state index in [0.29, 0.717) is 6.54 Å². The number of rotatable bonds is 2. The van der Waals surface area contributed by atoms with E-state index in [4.69, 9.17) is 0 Å². The molecular formula is C8H14ClF3N2O. The van der Waals surface area contributed by atoms with Crippen molar-refractivity contribution in [3.8, 4) is 0 Å². The minimum absolute atomic E-state index is 0. The number of alkyl halides is 3. The van der Waals surface area contributed by atoms with E-state index in [1.165, 1.54) is 11.9 Å². The quantitative estimate of drug-likeness (QED) is 0.794. The molecule has 1 saturated heterocycles. The molecule has 0 radical (unpaired) electrons. The largest absolute Gasteiger partial charge is 0.397 e. The Morgan fingerprint density at radius 3 is 2.53 bits per heavy atom. The molecule has 0 aromatic carbocycles. The molecule has 1 aliphatic heterocycles. The topological polar surface area (TPSA) is 32.3 Å². The summed E-state index contributed by atoms with van der Waals surface area (Å²) < 4.78 is 35.7. The van der Waals surface area contributed by atoms with Crippen LogP contribution in [0.25, 0.3) is 0 Å². The molecule has 1 rings (SSSR count). The van der Waals surface area contributed by atoms with Gasteiger partial charge >= 0.3 is 6.18 Å². The summed E-state index contributed by atoms with van der Waals surface area (Å²) in [5.41, 5.74) is 0. The predicted octanol–water partition coefficient (Wildman–Crippen LogP) is 1.18. The van der Waals surface area contributed by atoms with Gasteiger partial charge < -0.3 is 10.2 Å². The number of nitrogens with one attached hydrogen (secondary N) is 1. The number of carbonyl (C=O) groups excluding carboxylic acids is 1. The molecule has 1 aliphatic rings. The van der Waals surface area contributed by atoms with E-state index in [2.05, 4.69) is 5.32 Å². The lowest BCUT2D eigenvalue weighted by Gasteiger charge is -2.24. The zero-order valence-electron chi connectivity index (χ0n) is 8.30. The van der Waals surface area contributed by atoms with Gasteiger partial charge in [0.25, 0.3) is 0 Å². The highest BCUT2D eigenvalue weighted by Crippen LogP contribution is 2.21. The third-order valence-electron chi connectivity index (χ3n) is 2.33. The average molecular weight is 247 g/mol. The van der Waals surface area contributed by atoms with Crippen LogP contribution >= 0.6 is 12.4 Å². The predicted molar refractivity (Wildman–Crippen MR) is 52.0 cm³/mol. The van der Waals surface area contributed by atoms with Gasteiger partial charge in [0.15, 0.2) is 0 Å². The third kappa shape index (κ3) is 4.70. The molecule has 7 heteroatoms. The van der Waals surface area contributed by atoms with E-state index < -0.39 is 18.5 Å². The zero-order valence-corrected chi connectivity index (χ0v) is 9.12. The molecule has 90 valence electrons. The first-order valence-corrected chi connectivity index (χ1v) is 4.43. The molecule has 0 saturated carbocycles. The van der Waals surface area contributed by atoms with Crippen molar-refractivity contribution in [2.75, 3.05) is 20.1 Å². The van der Waals surface area contributed by atoms with E-state index in [1.54, 1.807) is 0 Å². The highest BCUT2D eigenvalue weighted by atomic mass is 35.5. The summed E-state index contributed by atoms with van der Waals surface area (Å²) in [6, 6.07) is -0.0927. The number of hydrogen-bond donors (Lipinski definition) is 1. The van der Waals surface area contributed by atoms with Gasteiger partial charge in [0.1, 0.15) is 6.42 Å². The molecule has 1 atom stereocenters. The molecule has 0 aliphatic carbocycles. The van der Waals surface area contributed by atoms with E-state index in [1.807, 2.05) is 0 Å². The average Bonchev–Trinajstić information content (AvgIpc) is 2.51. The summed E-state index contributed by atoms with van der Waals surface area (Å²) in [6.07, 6.45) is -5.04. The molecular weight excluding hydrogens is 233 g/mol. The number of halogens is 4. The van der Waals surface area contributed by atoms with Gasteiger partial charge in [0, 0.05) is 19.6 Å². The van der Waals surface area contributed by atoms with Crippen LogP contribution in [0.5, 0.6) is 0 Å². The molecule has 3 nitrogen and oxygen atoms in total. The number of amides is 1. The Morgan fingerprint density at radius 2 is 2.13 bits per heavy atom. The van der Waals surface area contributed by atoms with Crippen LogP contribution in [-0.2, 0) is 4.79 Å². The van der Waals surface area contributed by atoms with Crippen molar-refractivity contribution in [2.45, 2.75) is 25.1 Å². The smallest absolute Gasteiger partial charge is 0.341 e. The lowest BCUT2D eigenvalue weighted by molar-refractivity contribution is -0.161. The second kappa shape index (κ2) is 5.55. The summed E-state index contributed by atoms with van der Waals surface area (Å²) >= 11 is 0. The Bertz CT molecular complexity index is 216.